The quantitative estimate of drug-likeness (QED) is 0.822. The number of anilines is 2. The van der Waals surface area contributed by atoms with E-state index < -0.39 is 10.0 Å². The van der Waals surface area contributed by atoms with Crippen molar-refractivity contribution in [3.05, 3.63) is 24.3 Å². The van der Waals surface area contributed by atoms with Crippen LogP contribution in [0.4, 0.5) is 10.8 Å². The summed E-state index contributed by atoms with van der Waals surface area (Å²) in [6.45, 7) is 1.80. The van der Waals surface area contributed by atoms with E-state index in [1.54, 1.807) is 13.0 Å². The highest BCUT2D eigenvalue weighted by atomic mass is 32.2. The van der Waals surface area contributed by atoms with Crippen molar-refractivity contribution in [2.24, 2.45) is 0 Å². The summed E-state index contributed by atoms with van der Waals surface area (Å²) in [6, 6.07) is 7.25. The van der Waals surface area contributed by atoms with E-state index in [1.165, 1.54) is 0 Å². The van der Waals surface area contributed by atoms with Crippen LogP contribution in [0.5, 0.6) is 0 Å². The molecule has 1 heterocycles. The number of rotatable bonds is 5. The predicted molar refractivity (Wildman–Crippen MR) is 77.5 cm³/mol. The number of benzene rings is 1. The zero-order valence-corrected chi connectivity index (χ0v) is 12.0. The Hall–Kier alpha value is -1.67. The molecule has 0 aliphatic carbocycles. The summed E-state index contributed by atoms with van der Waals surface area (Å²) >= 11 is 1.16. The van der Waals surface area contributed by atoms with Crippen molar-refractivity contribution in [1.82, 2.24) is 10.2 Å². The first-order valence-electron chi connectivity index (χ1n) is 5.70. The Morgan fingerprint density at radius 1 is 1.32 bits per heavy atom. The van der Waals surface area contributed by atoms with E-state index in [0.717, 1.165) is 16.9 Å². The summed E-state index contributed by atoms with van der Waals surface area (Å²) in [6.07, 6.45) is 0.548. The average molecular weight is 298 g/mol. The second kappa shape index (κ2) is 5.54. The molecule has 0 atom stereocenters. The molecular weight excluding hydrogens is 284 g/mol. The number of sulfonamides is 1. The van der Waals surface area contributed by atoms with Crippen molar-refractivity contribution in [2.45, 2.75) is 13.3 Å². The summed E-state index contributed by atoms with van der Waals surface area (Å²) in [5, 5.41) is 8.62. The molecule has 2 aromatic rings. The average Bonchev–Trinajstić information content (AvgIpc) is 2.77. The van der Waals surface area contributed by atoms with E-state index in [2.05, 4.69) is 14.9 Å². The van der Waals surface area contributed by atoms with Crippen LogP contribution in [0.1, 0.15) is 13.3 Å². The molecule has 0 fully saturated rings. The normalized spacial score (nSPS) is 11.4. The number of para-hydroxylation sites is 1. The molecule has 0 radical (unpaired) electrons. The Labute approximate surface area is 115 Å². The van der Waals surface area contributed by atoms with Gasteiger partial charge < -0.3 is 5.73 Å². The minimum Gasteiger partial charge on any atom is -0.398 e. The fraction of sp³-hybridized carbons (Fsp3) is 0.273. The van der Waals surface area contributed by atoms with E-state index in [0.29, 0.717) is 17.1 Å². The molecule has 0 bridgehead atoms. The zero-order chi connectivity index (χ0) is 13.9. The van der Waals surface area contributed by atoms with Gasteiger partial charge in [0.2, 0.25) is 15.2 Å². The largest absolute Gasteiger partial charge is 0.398 e. The van der Waals surface area contributed by atoms with Crippen molar-refractivity contribution < 1.29 is 8.42 Å². The monoisotopic (exact) mass is 298 g/mol. The molecule has 0 amide bonds. The first-order valence-corrected chi connectivity index (χ1v) is 8.17. The van der Waals surface area contributed by atoms with Gasteiger partial charge in [0.1, 0.15) is 0 Å². The summed E-state index contributed by atoms with van der Waals surface area (Å²) in [7, 11) is -3.34. The SMILES string of the molecule is CCCS(=O)(=O)Nc1nnc(-c2ccccc2N)s1. The third-order valence-corrected chi connectivity index (χ3v) is 4.78. The van der Waals surface area contributed by atoms with Gasteiger partial charge in [0.25, 0.3) is 0 Å². The molecule has 1 aromatic carbocycles. The van der Waals surface area contributed by atoms with Gasteiger partial charge in [0, 0.05) is 11.3 Å². The second-order valence-electron chi connectivity index (χ2n) is 3.92. The maximum atomic E-state index is 11.6. The third kappa shape index (κ3) is 3.42. The van der Waals surface area contributed by atoms with E-state index in [-0.39, 0.29) is 10.9 Å². The first kappa shape index (κ1) is 13.8. The Morgan fingerprint density at radius 2 is 2.05 bits per heavy atom. The number of hydrogen-bond donors (Lipinski definition) is 2. The van der Waals surface area contributed by atoms with Gasteiger partial charge in [0.15, 0.2) is 5.01 Å². The Balaban J connectivity index is 2.23. The van der Waals surface area contributed by atoms with Crippen molar-refractivity contribution in [3.8, 4) is 10.6 Å². The number of nitrogens with zero attached hydrogens (tertiary/aromatic N) is 2. The number of nitrogen functional groups attached to an aromatic ring is 1. The number of nitrogens with one attached hydrogen (secondary N) is 1. The topological polar surface area (TPSA) is 98.0 Å². The molecule has 0 aliphatic rings. The molecule has 19 heavy (non-hydrogen) atoms. The highest BCUT2D eigenvalue weighted by Crippen LogP contribution is 2.30. The number of nitrogens with two attached hydrogens (primary N) is 1. The van der Waals surface area contributed by atoms with Crippen molar-refractivity contribution in [2.75, 3.05) is 16.2 Å². The molecule has 0 saturated heterocycles. The minimum atomic E-state index is -3.34. The molecule has 1 aromatic heterocycles. The van der Waals surface area contributed by atoms with Crippen LogP contribution >= 0.6 is 11.3 Å². The summed E-state index contributed by atoms with van der Waals surface area (Å²) in [4.78, 5) is 0. The molecule has 0 saturated carbocycles. The van der Waals surface area contributed by atoms with Gasteiger partial charge in [-0.2, -0.15) is 0 Å². The summed E-state index contributed by atoms with van der Waals surface area (Å²) < 4.78 is 25.6. The standard InChI is InChI=1S/C11H14N4O2S2/c1-2-7-19(16,17)15-11-14-13-10(18-11)8-5-3-4-6-9(8)12/h3-6H,2,7,12H2,1H3,(H,14,15). The molecular formula is C11H14N4O2S2. The fourth-order valence-corrected chi connectivity index (χ4v) is 3.65. The van der Waals surface area contributed by atoms with Crippen LogP contribution < -0.4 is 10.5 Å². The van der Waals surface area contributed by atoms with Crippen LogP contribution in [-0.2, 0) is 10.0 Å². The summed E-state index contributed by atoms with van der Waals surface area (Å²) in [5.74, 6) is 0.0649. The molecule has 0 spiro atoms. The van der Waals surface area contributed by atoms with E-state index >= 15 is 0 Å². The van der Waals surface area contributed by atoms with E-state index in [4.69, 9.17) is 5.73 Å². The molecule has 3 N–H and O–H groups in total. The predicted octanol–water partition coefficient (Wildman–Crippen LogP) is 1.94. The third-order valence-electron chi connectivity index (χ3n) is 2.33. The molecule has 0 unspecified atom stereocenters. The lowest BCUT2D eigenvalue weighted by atomic mass is 10.2. The van der Waals surface area contributed by atoms with Crippen LogP contribution in [-0.4, -0.2) is 24.4 Å². The van der Waals surface area contributed by atoms with E-state index in [1.807, 2.05) is 18.2 Å². The summed E-state index contributed by atoms with van der Waals surface area (Å²) in [5.41, 5.74) is 7.17. The van der Waals surface area contributed by atoms with Crippen molar-refractivity contribution >= 4 is 32.2 Å². The number of hydrogen-bond acceptors (Lipinski definition) is 6. The first-order chi connectivity index (χ1) is 9.02. The van der Waals surface area contributed by atoms with Gasteiger partial charge in [0.05, 0.1) is 5.75 Å². The van der Waals surface area contributed by atoms with Gasteiger partial charge in [-0.15, -0.1) is 10.2 Å². The fourth-order valence-electron chi connectivity index (χ4n) is 1.52. The van der Waals surface area contributed by atoms with Crippen LogP contribution in [0.2, 0.25) is 0 Å². The Morgan fingerprint density at radius 3 is 2.74 bits per heavy atom. The molecule has 102 valence electrons. The Bertz CT molecular complexity index is 667. The van der Waals surface area contributed by atoms with Gasteiger partial charge in [-0.25, -0.2) is 8.42 Å². The lowest BCUT2D eigenvalue weighted by molar-refractivity contribution is 0.600. The van der Waals surface area contributed by atoms with E-state index in [9.17, 15) is 8.42 Å². The maximum absolute atomic E-state index is 11.6. The highest BCUT2D eigenvalue weighted by molar-refractivity contribution is 7.92. The smallest absolute Gasteiger partial charge is 0.234 e. The lowest BCUT2D eigenvalue weighted by Crippen LogP contribution is -2.15. The lowest BCUT2D eigenvalue weighted by Gasteiger charge is -2.01. The molecule has 0 aliphatic heterocycles. The minimum absolute atomic E-state index is 0.0649. The van der Waals surface area contributed by atoms with Gasteiger partial charge in [-0.3, -0.25) is 4.72 Å². The maximum Gasteiger partial charge on any atom is 0.234 e. The Kier molecular flexibility index (Phi) is 4.01. The molecule has 6 nitrogen and oxygen atoms in total. The highest BCUT2D eigenvalue weighted by Gasteiger charge is 2.14. The number of aromatic nitrogens is 2. The van der Waals surface area contributed by atoms with Gasteiger partial charge >= 0.3 is 0 Å². The van der Waals surface area contributed by atoms with Crippen LogP contribution in [0, 0.1) is 0 Å². The van der Waals surface area contributed by atoms with Gasteiger partial charge in [-0.05, 0) is 18.6 Å². The second-order valence-corrected chi connectivity index (χ2v) is 6.74. The molecule has 8 heteroatoms. The van der Waals surface area contributed by atoms with Crippen molar-refractivity contribution in [1.29, 1.82) is 0 Å². The zero-order valence-electron chi connectivity index (χ0n) is 10.3. The van der Waals surface area contributed by atoms with Crippen LogP contribution in [0.3, 0.4) is 0 Å². The van der Waals surface area contributed by atoms with Gasteiger partial charge in [-0.1, -0.05) is 30.4 Å². The van der Waals surface area contributed by atoms with Crippen LogP contribution in [0.25, 0.3) is 10.6 Å². The molecule has 2 rings (SSSR count). The van der Waals surface area contributed by atoms with Crippen molar-refractivity contribution in [3.63, 3.8) is 0 Å². The van der Waals surface area contributed by atoms with Crippen LogP contribution in [0.15, 0.2) is 24.3 Å².